The molecule has 0 radical (unpaired) electrons. The highest BCUT2D eigenvalue weighted by Crippen LogP contribution is 2.20. The van der Waals surface area contributed by atoms with Gasteiger partial charge in [-0.1, -0.05) is 45.9 Å². The highest BCUT2D eigenvalue weighted by molar-refractivity contribution is 9.10. The van der Waals surface area contributed by atoms with E-state index in [2.05, 4.69) is 31.4 Å². The summed E-state index contributed by atoms with van der Waals surface area (Å²) in [4.78, 5) is 25.6. The highest BCUT2D eigenvalue weighted by atomic mass is 79.9. The molecule has 0 bridgehead atoms. The van der Waals surface area contributed by atoms with Crippen molar-refractivity contribution in [2.24, 2.45) is 14.1 Å². The molecule has 0 aliphatic rings. The Kier molecular flexibility index (Phi) is 7.23. The van der Waals surface area contributed by atoms with Gasteiger partial charge in [0.1, 0.15) is 18.0 Å². The first kappa shape index (κ1) is 23.8. The van der Waals surface area contributed by atoms with Crippen LogP contribution in [0.2, 0.25) is 0 Å². The SMILES string of the molecule is Cc1c(NC(=O)CSc2nnc(COc3ccc(Br)cc3)n2C)c(=O)n(-c2ccccc2)n1C. The molecule has 0 aliphatic heterocycles. The fourth-order valence-electron chi connectivity index (χ4n) is 3.29. The van der Waals surface area contributed by atoms with Crippen LogP contribution in [0.1, 0.15) is 11.5 Å². The number of thioether (sulfide) groups is 1. The number of halogens is 1. The van der Waals surface area contributed by atoms with Crippen LogP contribution in [0.3, 0.4) is 0 Å². The number of hydrogen-bond donors (Lipinski definition) is 1. The number of anilines is 1. The van der Waals surface area contributed by atoms with Crippen LogP contribution in [0.25, 0.3) is 5.69 Å². The Morgan fingerprint density at radius 1 is 1.09 bits per heavy atom. The van der Waals surface area contributed by atoms with Crippen LogP contribution in [-0.2, 0) is 25.5 Å². The number of aromatic nitrogens is 5. The second kappa shape index (κ2) is 10.3. The first-order valence-electron chi connectivity index (χ1n) is 10.4. The summed E-state index contributed by atoms with van der Waals surface area (Å²) in [6.07, 6.45) is 0. The van der Waals surface area contributed by atoms with Crippen molar-refractivity contribution in [3.63, 3.8) is 0 Å². The molecular formula is C23H23BrN6O3S. The third kappa shape index (κ3) is 5.10. The van der Waals surface area contributed by atoms with Gasteiger partial charge in [0, 0.05) is 18.6 Å². The summed E-state index contributed by atoms with van der Waals surface area (Å²) < 4.78 is 11.8. The van der Waals surface area contributed by atoms with E-state index in [1.54, 1.807) is 23.2 Å². The van der Waals surface area contributed by atoms with E-state index in [1.165, 1.54) is 16.4 Å². The van der Waals surface area contributed by atoms with Gasteiger partial charge >= 0.3 is 0 Å². The molecule has 2 aromatic heterocycles. The van der Waals surface area contributed by atoms with Gasteiger partial charge in [-0.25, -0.2) is 4.68 Å². The maximum atomic E-state index is 13.0. The molecule has 2 heterocycles. The minimum absolute atomic E-state index is 0.0820. The van der Waals surface area contributed by atoms with Crippen molar-refractivity contribution in [3.05, 3.63) is 80.9 Å². The summed E-state index contributed by atoms with van der Waals surface area (Å²) >= 11 is 4.63. The van der Waals surface area contributed by atoms with E-state index in [4.69, 9.17) is 4.74 Å². The molecule has 9 nitrogen and oxygen atoms in total. The predicted octanol–water partition coefficient (Wildman–Crippen LogP) is 3.69. The first-order valence-corrected chi connectivity index (χ1v) is 12.2. The maximum absolute atomic E-state index is 13.0. The number of nitrogens with one attached hydrogen (secondary N) is 1. The van der Waals surface area contributed by atoms with Gasteiger partial charge in [0.05, 0.1) is 17.1 Å². The molecule has 0 aliphatic carbocycles. The fraction of sp³-hybridized carbons (Fsp3) is 0.217. The molecule has 0 saturated heterocycles. The van der Waals surface area contributed by atoms with Crippen molar-refractivity contribution >= 4 is 39.3 Å². The van der Waals surface area contributed by atoms with Crippen LogP contribution >= 0.6 is 27.7 Å². The van der Waals surface area contributed by atoms with Crippen molar-refractivity contribution in [3.8, 4) is 11.4 Å². The molecule has 4 aromatic rings. The lowest BCUT2D eigenvalue weighted by Crippen LogP contribution is -2.23. The Bertz CT molecular complexity index is 1360. The minimum Gasteiger partial charge on any atom is -0.486 e. The molecule has 0 unspecified atom stereocenters. The smallest absolute Gasteiger partial charge is 0.295 e. The van der Waals surface area contributed by atoms with E-state index >= 15 is 0 Å². The van der Waals surface area contributed by atoms with Gasteiger partial charge in [0.25, 0.3) is 5.56 Å². The number of hydrogen-bond acceptors (Lipinski definition) is 6. The number of amides is 1. The van der Waals surface area contributed by atoms with Crippen LogP contribution in [0.15, 0.2) is 69.0 Å². The summed E-state index contributed by atoms with van der Waals surface area (Å²) in [5.41, 5.74) is 1.37. The zero-order valence-corrected chi connectivity index (χ0v) is 21.3. The Morgan fingerprint density at radius 2 is 1.79 bits per heavy atom. The standard InChI is InChI=1S/C23H23BrN6O3S/c1-15-21(22(32)30(29(15)3)17-7-5-4-6-8-17)25-20(31)14-34-23-27-26-19(28(23)2)13-33-18-11-9-16(24)10-12-18/h4-12H,13-14H2,1-3H3,(H,25,31). The average Bonchev–Trinajstić information content (AvgIpc) is 3.29. The summed E-state index contributed by atoms with van der Waals surface area (Å²) in [5.74, 6) is 1.14. The van der Waals surface area contributed by atoms with Crippen molar-refractivity contribution in [2.45, 2.75) is 18.7 Å². The van der Waals surface area contributed by atoms with E-state index < -0.39 is 0 Å². The van der Waals surface area contributed by atoms with E-state index in [-0.39, 0.29) is 29.5 Å². The van der Waals surface area contributed by atoms with E-state index in [9.17, 15) is 9.59 Å². The molecule has 176 valence electrons. The van der Waals surface area contributed by atoms with E-state index in [0.29, 0.717) is 16.7 Å². The lowest BCUT2D eigenvalue weighted by Gasteiger charge is -2.07. The molecule has 1 N–H and O–H groups in total. The zero-order valence-electron chi connectivity index (χ0n) is 18.9. The van der Waals surface area contributed by atoms with Gasteiger partial charge in [-0.15, -0.1) is 10.2 Å². The van der Waals surface area contributed by atoms with Crippen molar-refractivity contribution in [1.82, 2.24) is 24.1 Å². The average molecular weight is 543 g/mol. The summed E-state index contributed by atoms with van der Waals surface area (Å²) in [6, 6.07) is 16.8. The molecule has 2 aromatic carbocycles. The number of ether oxygens (including phenoxy) is 1. The van der Waals surface area contributed by atoms with Gasteiger partial charge in [0.15, 0.2) is 11.0 Å². The Labute approximate surface area is 208 Å². The topological polar surface area (TPSA) is 96.0 Å². The Balaban J connectivity index is 1.38. The molecule has 4 rings (SSSR count). The third-order valence-electron chi connectivity index (χ3n) is 5.26. The third-order valence-corrected chi connectivity index (χ3v) is 6.81. The molecule has 0 saturated carbocycles. The quantitative estimate of drug-likeness (QED) is 0.341. The molecule has 1 amide bonds. The molecule has 34 heavy (non-hydrogen) atoms. The number of rotatable bonds is 8. The number of carbonyl (C=O) groups excluding carboxylic acids is 1. The van der Waals surface area contributed by atoms with Crippen molar-refractivity contribution < 1.29 is 9.53 Å². The number of nitrogens with zero attached hydrogens (tertiary/aromatic N) is 5. The van der Waals surface area contributed by atoms with Crippen LogP contribution in [0.4, 0.5) is 5.69 Å². The van der Waals surface area contributed by atoms with Gasteiger partial charge in [-0.3, -0.25) is 14.3 Å². The largest absolute Gasteiger partial charge is 0.486 e. The van der Waals surface area contributed by atoms with E-state index in [1.807, 2.05) is 61.6 Å². The number of benzene rings is 2. The maximum Gasteiger partial charge on any atom is 0.295 e. The molecule has 11 heteroatoms. The number of carbonyl (C=O) groups is 1. The second-order valence-corrected chi connectivity index (χ2v) is 9.33. The lowest BCUT2D eigenvalue weighted by atomic mass is 10.3. The second-order valence-electron chi connectivity index (χ2n) is 7.47. The minimum atomic E-state index is -0.299. The Morgan fingerprint density at radius 3 is 2.50 bits per heavy atom. The Hall–Kier alpha value is -3.31. The van der Waals surface area contributed by atoms with Crippen LogP contribution in [-0.4, -0.2) is 35.8 Å². The number of para-hydroxylation sites is 1. The summed E-state index contributed by atoms with van der Waals surface area (Å²) in [7, 11) is 3.60. The van der Waals surface area contributed by atoms with E-state index in [0.717, 1.165) is 15.9 Å². The predicted molar refractivity (Wildman–Crippen MR) is 135 cm³/mol. The van der Waals surface area contributed by atoms with Crippen LogP contribution in [0.5, 0.6) is 5.75 Å². The summed E-state index contributed by atoms with van der Waals surface area (Å²) in [5, 5.41) is 11.6. The summed E-state index contributed by atoms with van der Waals surface area (Å²) in [6.45, 7) is 2.05. The molecule has 0 atom stereocenters. The lowest BCUT2D eigenvalue weighted by molar-refractivity contribution is -0.113. The fourth-order valence-corrected chi connectivity index (χ4v) is 4.29. The molecule has 0 spiro atoms. The monoisotopic (exact) mass is 542 g/mol. The van der Waals surface area contributed by atoms with Gasteiger partial charge in [-0.05, 0) is 43.3 Å². The van der Waals surface area contributed by atoms with Gasteiger partial charge in [0.2, 0.25) is 5.91 Å². The van der Waals surface area contributed by atoms with Crippen LogP contribution in [0, 0.1) is 6.92 Å². The molecule has 0 fully saturated rings. The zero-order chi connectivity index (χ0) is 24.2. The normalized spacial score (nSPS) is 10.9. The van der Waals surface area contributed by atoms with Gasteiger partial charge in [-0.2, -0.15) is 0 Å². The molecular weight excluding hydrogens is 520 g/mol. The van der Waals surface area contributed by atoms with Crippen molar-refractivity contribution in [2.75, 3.05) is 11.1 Å². The van der Waals surface area contributed by atoms with Gasteiger partial charge < -0.3 is 14.6 Å². The highest BCUT2D eigenvalue weighted by Gasteiger charge is 2.19. The van der Waals surface area contributed by atoms with Crippen molar-refractivity contribution in [1.29, 1.82) is 0 Å². The first-order chi connectivity index (χ1) is 16.3. The van der Waals surface area contributed by atoms with Crippen LogP contribution < -0.4 is 15.6 Å².